The van der Waals surface area contributed by atoms with Gasteiger partial charge in [0.2, 0.25) is 5.88 Å². The Morgan fingerprint density at radius 2 is 2.05 bits per heavy atom. The average molecular weight is 357 g/mol. The summed E-state index contributed by atoms with van der Waals surface area (Å²) in [5, 5.41) is 0.813. The lowest BCUT2D eigenvalue weighted by Crippen LogP contribution is -2.28. The van der Waals surface area contributed by atoms with Crippen molar-refractivity contribution in [2.45, 2.75) is 31.7 Å². The molecule has 0 aromatic carbocycles. The molecule has 108 valence electrons. The molecule has 2 heterocycles. The average Bonchev–Trinajstić information content (AvgIpc) is 2.35. The van der Waals surface area contributed by atoms with Gasteiger partial charge in [-0.1, -0.05) is 25.6 Å². The third-order valence-electron chi connectivity index (χ3n) is 3.26. The fraction of sp³-hybridized carbons (Fsp3) is 0.462. The number of rotatable bonds is 1. The minimum Gasteiger partial charge on any atom is -0.479 e. The Morgan fingerprint density at radius 1 is 1.30 bits per heavy atom. The lowest BCUT2D eigenvalue weighted by Gasteiger charge is -2.33. The van der Waals surface area contributed by atoms with Crippen LogP contribution in [-0.4, -0.2) is 22.8 Å². The first-order chi connectivity index (χ1) is 9.00. The highest BCUT2D eigenvalue weighted by molar-refractivity contribution is 8.93. The van der Waals surface area contributed by atoms with Gasteiger partial charge in [-0.25, -0.2) is 9.98 Å². The molecule has 20 heavy (non-hydrogen) atoms. The molecule has 0 amide bonds. The first-order valence-electron chi connectivity index (χ1n) is 6.13. The number of methoxy groups -OCH3 is 1. The van der Waals surface area contributed by atoms with Crippen LogP contribution in [0.3, 0.4) is 0 Å². The van der Waals surface area contributed by atoms with Crippen LogP contribution in [-0.2, 0) is 0 Å². The minimum atomic E-state index is 0. The van der Waals surface area contributed by atoms with Crippen LogP contribution in [0.4, 0.5) is 5.69 Å². The van der Waals surface area contributed by atoms with Gasteiger partial charge in [-0.3, -0.25) is 0 Å². The van der Waals surface area contributed by atoms with Gasteiger partial charge in [-0.15, -0.1) is 17.0 Å². The number of hydrogen-bond acceptors (Lipinski definition) is 6. The molecule has 0 spiro atoms. The summed E-state index contributed by atoms with van der Waals surface area (Å²) in [6.45, 7) is 4.41. The molecule has 0 radical (unpaired) electrons. The quantitative estimate of drug-likeness (QED) is 0.781. The number of aromatic nitrogens is 2. The number of allylic oxidation sites excluding steroid dienone is 2. The van der Waals surface area contributed by atoms with Crippen molar-refractivity contribution >= 4 is 40.1 Å². The van der Waals surface area contributed by atoms with E-state index in [4.69, 9.17) is 15.5 Å². The van der Waals surface area contributed by atoms with Crippen LogP contribution < -0.4 is 10.5 Å². The van der Waals surface area contributed by atoms with Gasteiger partial charge < -0.3 is 10.5 Å². The molecular formula is C13H17BrN4OS. The summed E-state index contributed by atoms with van der Waals surface area (Å²) >= 11 is 1.57. The zero-order valence-corrected chi connectivity index (χ0v) is 14.2. The van der Waals surface area contributed by atoms with Crippen LogP contribution in [0.2, 0.25) is 0 Å². The summed E-state index contributed by atoms with van der Waals surface area (Å²) in [4.78, 5) is 14.1. The van der Waals surface area contributed by atoms with Gasteiger partial charge in [-0.05, 0) is 18.3 Å². The third-order valence-corrected chi connectivity index (χ3v) is 4.46. The van der Waals surface area contributed by atoms with E-state index in [1.165, 1.54) is 6.33 Å². The number of halogens is 1. The van der Waals surface area contributed by atoms with Crippen LogP contribution in [0.15, 0.2) is 26.9 Å². The zero-order chi connectivity index (χ0) is 13.6. The highest BCUT2D eigenvalue weighted by Crippen LogP contribution is 2.48. The van der Waals surface area contributed by atoms with Crippen molar-refractivity contribution < 1.29 is 4.74 Å². The lowest BCUT2D eigenvalue weighted by atomic mass is 9.78. The monoisotopic (exact) mass is 356 g/mol. The van der Waals surface area contributed by atoms with Gasteiger partial charge in [0.15, 0.2) is 5.69 Å². The van der Waals surface area contributed by atoms with Crippen molar-refractivity contribution in [3.05, 3.63) is 16.9 Å². The molecule has 0 saturated carbocycles. The second kappa shape index (κ2) is 5.37. The van der Waals surface area contributed by atoms with Crippen molar-refractivity contribution in [3.8, 4) is 5.88 Å². The summed E-state index contributed by atoms with van der Waals surface area (Å²) in [5.41, 5.74) is 9.00. The van der Waals surface area contributed by atoms with Crippen LogP contribution in [0.5, 0.6) is 5.88 Å². The summed E-state index contributed by atoms with van der Waals surface area (Å²) in [7, 11) is 1.60. The molecule has 0 saturated heterocycles. The van der Waals surface area contributed by atoms with E-state index in [-0.39, 0.29) is 22.4 Å². The molecule has 1 aliphatic heterocycles. The van der Waals surface area contributed by atoms with Gasteiger partial charge in [0.05, 0.1) is 17.7 Å². The van der Waals surface area contributed by atoms with Gasteiger partial charge in [0, 0.05) is 5.70 Å². The first kappa shape index (κ1) is 15.3. The Balaban J connectivity index is 0.00000147. The Morgan fingerprint density at radius 3 is 2.75 bits per heavy atom. The van der Waals surface area contributed by atoms with E-state index in [1.807, 2.05) is 0 Å². The first-order valence-corrected chi connectivity index (χ1v) is 6.95. The van der Waals surface area contributed by atoms with E-state index in [1.54, 1.807) is 18.9 Å². The molecule has 1 aromatic heterocycles. The molecule has 7 heteroatoms. The van der Waals surface area contributed by atoms with Crippen molar-refractivity contribution in [2.75, 3.05) is 7.11 Å². The Kier molecular flexibility index (Phi) is 4.11. The predicted molar refractivity (Wildman–Crippen MR) is 86.1 cm³/mol. The Labute approximate surface area is 132 Å². The molecule has 3 rings (SSSR count). The fourth-order valence-electron chi connectivity index (χ4n) is 2.49. The highest BCUT2D eigenvalue weighted by Gasteiger charge is 2.34. The molecule has 0 bridgehead atoms. The normalized spacial score (nSPS) is 19.4. The maximum Gasteiger partial charge on any atom is 0.244 e. The van der Waals surface area contributed by atoms with E-state index in [0.29, 0.717) is 5.88 Å². The SMILES string of the molecule is Br.COc1ncnc2c1N=C1CC(C)(C)CC(N)=C1S2. The maximum absolute atomic E-state index is 6.20. The van der Waals surface area contributed by atoms with Crippen molar-refractivity contribution in [3.63, 3.8) is 0 Å². The molecule has 0 unspecified atom stereocenters. The van der Waals surface area contributed by atoms with Crippen LogP contribution in [0.1, 0.15) is 26.7 Å². The number of nitrogens with two attached hydrogens (primary N) is 1. The number of ether oxygens (including phenoxy) is 1. The molecule has 1 aliphatic carbocycles. The highest BCUT2D eigenvalue weighted by atomic mass is 79.9. The van der Waals surface area contributed by atoms with Crippen LogP contribution >= 0.6 is 28.7 Å². The van der Waals surface area contributed by atoms with Gasteiger partial charge in [0.1, 0.15) is 11.4 Å². The Bertz CT molecular complexity index is 612. The molecule has 1 aromatic rings. The summed E-state index contributed by atoms with van der Waals surface area (Å²) in [6.07, 6.45) is 3.30. The third kappa shape index (κ3) is 2.56. The van der Waals surface area contributed by atoms with E-state index in [0.717, 1.165) is 39.9 Å². The molecule has 2 aliphatic rings. The van der Waals surface area contributed by atoms with Gasteiger partial charge in [-0.2, -0.15) is 4.98 Å². The number of aliphatic imine (C=N–C) groups is 1. The number of nitrogens with zero attached hydrogens (tertiary/aromatic N) is 3. The zero-order valence-electron chi connectivity index (χ0n) is 11.6. The summed E-state index contributed by atoms with van der Waals surface area (Å²) in [5.74, 6) is 0.519. The van der Waals surface area contributed by atoms with Gasteiger partial charge in [0.25, 0.3) is 0 Å². The molecule has 0 atom stereocenters. The van der Waals surface area contributed by atoms with Crippen molar-refractivity contribution in [2.24, 2.45) is 16.1 Å². The standard InChI is InChI=1S/C13H16N4OS.BrH/c1-13(2)4-7(14)10-8(5-13)17-9-11(18-3)15-6-16-12(9)19-10;/h6H,4-5,14H2,1-3H3;1H. The van der Waals surface area contributed by atoms with E-state index >= 15 is 0 Å². The molecule has 2 N–H and O–H groups in total. The largest absolute Gasteiger partial charge is 0.479 e. The van der Waals surface area contributed by atoms with E-state index in [2.05, 4.69) is 23.8 Å². The molecule has 0 fully saturated rings. The summed E-state index contributed by atoms with van der Waals surface area (Å²) in [6, 6.07) is 0. The minimum absolute atomic E-state index is 0. The molecular weight excluding hydrogens is 340 g/mol. The second-order valence-corrected chi connectivity index (χ2v) is 6.57. The van der Waals surface area contributed by atoms with E-state index in [9.17, 15) is 0 Å². The van der Waals surface area contributed by atoms with E-state index < -0.39 is 0 Å². The molecule has 5 nitrogen and oxygen atoms in total. The van der Waals surface area contributed by atoms with Crippen molar-refractivity contribution in [1.82, 2.24) is 9.97 Å². The number of fused-ring (bicyclic) bond motifs is 2. The summed E-state index contributed by atoms with van der Waals surface area (Å²) < 4.78 is 5.25. The topological polar surface area (TPSA) is 73.4 Å². The fourth-order valence-corrected chi connectivity index (χ4v) is 3.45. The smallest absolute Gasteiger partial charge is 0.244 e. The number of thioether (sulfide) groups is 1. The van der Waals surface area contributed by atoms with Crippen molar-refractivity contribution in [1.29, 1.82) is 0 Å². The number of hydrogen-bond donors (Lipinski definition) is 1. The van der Waals surface area contributed by atoms with Crippen LogP contribution in [0, 0.1) is 5.41 Å². The Hall–Kier alpha value is -1.08. The lowest BCUT2D eigenvalue weighted by molar-refractivity contribution is 0.370. The predicted octanol–water partition coefficient (Wildman–Crippen LogP) is 3.23. The second-order valence-electron chi connectivity index (χ2n) is 5.57. The maximum atomic E-state index is 6.20. The van der Waals surface area contributed by atoms with Gasteiger partial charge >= 0.3 is 0 Å². The van der Waals surface area contributed by atoms with Crippen LogP contribution in [0.25, 0.3) is 0 Å².